The van der Waals surface area contributed by atoms with E-state index in [1.807, 2.05) is 18.4 Å². The van der Waals surface area contributed by atoms with Gasteiger partial charge in [-0.25, -0.2) is 0 Å². The third kappa shape index (κ3) is 1.95. The largest absolute Gasteiger partial charge is 0.380 e. The maximum Gasteiger partial charge on any atom is 0.263 e. The summed E-state index contributed by atoms with van der Waals surface area (Å²) in [5, 5.41) is 2.56. The van der Waals surface area contributed by atoms with Gasteiger partial charge in [0.2, 0.25) is 0 Å². The first kappa shape index (κ1) is 11.5. The number of hydrogen-bond acceptors (Lipinski definition) is 4. The van der Waals surface area contributed by atoms with Gasteiger partial charge in [0.25, 0.3) is 5.56 Å². The van der Waals surface area contributed by atoms with Gasteiger partial charge in [-0.2, -0.15) is 0 Å². The van der Waals surface area contributed by atoms with Gasteiger partial charge >= 0.3 is 0 Å². The predicted molar refractivity (Wildman–Crippen MR) is 67.7 cm³/mol. The first-order valence-electron chi connectivity index (χ1n) is 4.86. The molecule has 1 N–H and O–H groups in total. The molecule has 0 saturated heterocycles. The summed E-state index contributed by atoms with van der Waals surface area (Å²) in [4.78, 5) is 16.0. The molecule has 2 heterocycles. The summed E-state index contributed by atoms with van der Waals surface area (Å²) in [6.45, 7) is 2.37. The molecule has 0 bridgehead atoms. The Morgan fingerprint density at radius 1 is 1.69 bits per heavy atom. The van der Waals surface area contributed by atoms with E-state index in [1.165, 1.54) is 11.3 Å². The number of nitrogens with zero attached hydrogens (tertiary/aromatic N) is 1. The predicted octanol–water partition coefficient (Wildman–Crippen LogP) is 2.16. The van der Waals surface area contributed by atoms with E-state index in [9.17, 15) is 4.79 Å². The number of nitrogens with one attached hydrogen (secondary N) is 1. The third-order valence-corrected chi connectivity index (χ3v) is 3.60. The third-order valence-electron chi connectivity index (χ3n) is 2.45. The van der Waals surface area contributed by atoms with Crippen LogP contribution in [-0.4, -0.2) is 22.8 Å². The molecule has 0 saturated carbocycles. The van der Waals surface area contributed by atoms with Crippen LogP contribution in [0.2, 0.25) is 0 Å². The molecule has 0 fully saturated rings. The second kappa shape index (κ2) is 4.48. The molecule has 86 valence electrons. The number of aromatic nitrogens is 2. The Morgan fingerprint density at radius 2 is 2.44 bits per heavy atom. The minimum atomic E-state index is -0.0519. The molecule has 0 aliphatic heterocycles. The van der Waals surface area contributed by atoms with Crippen molar-refractivity contribution in [3.8, 4) is 0 Å². The van der Waals surface area contributed by atoms with Gasteiger partial charge in [-0.05, 0) is 30.6 Å². The van der Waals surface area contributed by atoms with E-state index in [0.29, 0.717) is 16.7 Å². The summed E-state index contributed by atoms with van der Waals surface area (Å²) in [7, 11) is 1.62. The summed E-state index contributed by atoms with van der Waals surface area (Å²) in [5.74, 6) is 0. The number of ether oxygens (including phenoxy) is 1. The average Bonchev–Trinajstić information content (AvgIpc) is 2.71. The maximum atomic E-state index is 12.1. The molecule has 0 radical (unpaired) electrons. The lowest BCUT2D eigenvalue weighted by Crippen LogP contribution is -2.27. The fourth-order valence-corrected chi connectivity index (χ4v) is 2.58. The molecule has 16 heavy (non-hydrogen) atoms. The van der Waals surface area contributed by atoms with Crippen molar-refractivity contribution in [2.75, 3.05) is 7.11 Å². The molecule has 0 aliphatic carbocycles. The smallest absolute Gasteiger partial charge is 0.263 e. The van der Waals surface area contributed by atoms with Gasteiger partial charge in [0, 0.05) is 7.11 Å². The van der Waals surface area contributed by atoms with E-state index in [0.717, 1.165) is 4.83 Å². The summed E-state index contributed by atoms with van der Waals surface area (Å²) in [6, 6.07) is 1.81. The van der Waals surface area contributed by atoms with Crippen LogP contribution >= 0.6 is 23.6 Å². The van der Waals surface area contributed by atoms with Gasteiger partial charge in [0.15, 0.2) is 4.77 Å². The molecule has 0 aromatic carbocycles. The van der Waals surface area contributed by atoms with Gasteiger partial charge in [-0.15, -0.1) is 11.3 Å². The normalized spacial score (nSPS) is 13.1. The molecule has 6 heteroatoms. The summed E-state index contributed by atoms with van der Waals surface area (Å²) >= 11 is 6.64. The minimum absolute atomic E-state index is 0.0381. The Morgan fingerprint density at radius 3 is 3.12 bits per heavy atom. The molecule has 0 aliphatic rings. The minimum Gasteiger partial charge on any atom is -0.380 e. The second-order valence-electron chi connectivity index (χ2n) is 3.56. The first-order chi connectivity index (χ1) is 7.63. The van der Waals surface area contributed by atoms with E-state index in [-0.39, 0.29) is 11.7 Å². The molecule has 2 aromatic rings. The van der Waals surface area contributed by atoms with E-state index >= 15 is 0 Å². The lowest BCUT2D eigenvalue weighted by Gasteiger charge is -2.11. The van der Waals surface area contributed by atoms with Crippen LogP contribution in [0.25, 0.3) is 10.2 Å². The van der Waals surface area contributed by atoms with Crippen molar-refractivity contribution < 1.29 is 4.74 Å². The fourth-order valence-electron chi connectivity index (χ4n) is 1.47. The van der Waals surface area contributed by atoms with Crippen molar-refractivity contribution in [3.63, 3.8) is 0 Å². The topological polar surface area (TPSA) is 47.0 Å². The summed E-state index contributed by atoms with van der Waals surface area (Å²) < 4.78 is 7.13. The van der Waals surface area contributed by atoms with Crippen molar-refractivity contribution in [2.24, 2.45) is 0 Å². The van der Waals surface area contributed by atoms with Crippen molar-refractivity contribution in [1.82, 2.24) is 9.55 Å². The van der Waals surface area contributed by atoms with Crippen LogP contribution in [-0.2, 0) is 11.3 Å². The van der Waals surface area contributed by atoms with Crippen LogP contribution < -0.4 is 5.56 Å². The highest BCUT2D eigenvalue weighted by Crippen LogP contribution is 2.14. The molecule has 0 spiro atoms. The van der Waals surface area contributed by atoms with Gasteiger partial charge in [-0.1, -0.05) is 0 Å². The Bertz CT molecular complexity index is 611. The Hall–Kier alpha value is -0.980. The average molecular weight is 256 g/mol. The molecule has 1 atom stereocenters. The monoisotopic (exact) mass is 256 g/mol. The number of hydrogen-bond donors (Lipinski definition) is 1. The van der Waals surface area contributed by atoms with Crippen molar-refractivity contribution in [3.05, 3.63) is 26.6 Å². The molecule has 4 nitrogen and oxygen atoms in total. The Kier molecular flexibility index (Phi) is 3.22. The zero-order valence-corrected chi connectivity index (χ0v) is 10.7. The zero-order valence-electron chi connectivity index (χ0n) is 9.02. The van der Waals surface area contributed by atoms with Crippen LogP contribution in [0, 0.1) is 4.77 Å². The number of rotatable bonds is 3. The summed E-state index contributed by atoms with van der Waals surface area (Å²) in [5.41, 5.74) is -0.0519. The first-order valence-corrected chi connectivity index (χ1v) is 6.15. The van der Waals surface area contributed by atoms with Crippen LogP contribution in [0.3, 0.4) is 0 Å². The fraction of sp³-hybridized carbons (Fsp3) is 0.400. The van der Waals surface area contributed by atoms with Crippen molar-refractivity contribution in [2.45, 2.75) is 19.6 Å². The molecule has 0 amide bonds. The van der Waals surface area contributed by atoms with Gasteiger partial charge in [0.1, 0.15) is 4.83 Å². The second-order valence-corrected chi connectivity index (χ2v) is 4.86. The number of H-pyrrole nitrogens is 1. The van der Waals surface area contributed by atoms with Gasteiger partial charge < -0.3 is 9.72 Å². The quantitative estimate of drug-likeness (QED) is 0.856. The number of methoxy groups -OCH3 is 1. The zero-order chi connectivity index (χ0) is 11.7. The maximum absolute atomic E-state index is 12.1. The van der Waals surface area contributed by atoms with Crippen LogP contribution in [0.4, 0.5) is 0 Å². The highest BCUT2D eigenvalue weighted by atomic mass is 32.1. The summed E-state index contributed by atoms with van der Waals surface area (Å²) in [6.07, 6.45) is -0.0381. The van der Waals surface area contributed by atoms with Crippen LogP contribution in [0.15, 0.2) is 16.2 Å². The SMILES string of the molecule is COC(C)Cn1c(=S)[nH]c2sccc2c1=O. The molecule has 1 unspecified atom stereocenters. The van der Waals surface area contributed by atoms with Crippen molar-refractivity contribution >= 4 is 33.8 Å². The van der Waals surface area contributed by atoms with Crippen LogP contribution in [0.5, 0.6) is 0 Å². The highest BCUT2D eigenvalue weighted by Gasteiger charge is 2.09. The Labute approximate surface area is 101 Å². The highest BCUT2D eigenvalue weighted by molar-refractivity contribution is 7.71. The molecule has 2 rings (SSSR count). The van der Waals surface area contributed by atoms with Crippen molar-refractivity contribution in [1.29, 1.82) is 0 Å². The lowest BCUT2D eigenvalue weighted by atomic mass is 10.3. The van der Waals surface area contributed by atoms with Gasteiger partial charge in [0.05, 0.1) is 18.0 Å². The van der Waals surface area contributed by atoms with E-state index in [1.54, 1.807) is 11.7 Å². The van der Waals surface area contributed by atoms with Gasteiger partial charge in [-0.3, -0.25) is 9.36 Å². The molecule has 2 aromatic heterocycles. The van der Waals surface area contributed by atoms with Crippen LogP contribution in [0.1, 0.15) is 6.92 Å². The molecular weight excluding hydrogens is 244 g/mol. The number of aromatic amines is 1. The van der Waals surface area contributed by atoms with E-state index in [4.69, 9.17) is 17.0 Å². The number of fused-ring (bicyclic) bond motifs is 1. The Balaban J connectivity index is 2.60. The standard InChI is InChI=1S/C10H12N2O2S2/c1-6(14-2)5-12-9(13)7-3-4-16-8(7)11-10(12)15/h3-4,6H,5H2,1-2H3,(H,11,15). The number of thiophene rings is 1. The lowest BCUT2D eigenvalue weighted by molar-refractivity contribution is 0.102. The van der Waals surface area contributed by atoms with E-state index in [2.05, 4.69) is 4.98 Å². The van der Waals surface area contributed by atoms with E-state index < -0.39 is 0 Å². The molecular formula is C10H12N2O2S2.